The Morgan fingerprint density at radius 3 is 2.00 bits per heavy atom. The van der Waals surface area contributed by atoms with E-state index in [2.05, 4.69) is 10.6 Å². The fourth-order valence-corrected chi connectivity index (χ4v) is 2.28. The van der Waals surface area contributed by atoms with Crippen LogP contribution < -0.4 is 10.6 Å². The molecule has 0 radical (unpaired) electrons. The van der Waals surface area contributed by atoms with Gasteiger partial charge in [-0.25, -0.2) is 9.59 Å². The van der Waals surface area contributed by atoms with Crippen LogP contribution in [-0.2, 0) is 4.79 Å². The second kappa shape index (κ2) is 6.36. The van der Waals surface area contributed by atoms with E-state index >= 15 is 0 Å². The highest BCUT2D eigenvalue weighted by Crippen LogP contribution is 2.19. The average molecular weight is 292 g/mol. The smallest absolute Gasteiger partial charge is 0.335 e. The number of benzene rings is 1. The van der Waals surface area contributed by atoms with E-state index in [1.54, 1.807) is 0 Å². The molecule has 0 spiro atoms. The highest BCUT2D eigenvalue weighted by atomic mass is 16.4. The third-order valence-electron chi connectivity index (χ3n) is 3.40. The van der Waals surface area contributed by atoms with Gasteiger partial charge in [0.1, 0.15) is 0 Å². The predicted octanol–water partition coefficient (Wildman–Crippen LogP) is 1.02. The summed E-state index contributed by atoms with van der Waals surface area (Å²) in [6, 6.07) is 3.58. The van der Waals surface area contributed by atoms with E-state index in [1.165, 1.54) is 12.1 Å². The number of carbonyl (C=O) groups is 3. The molecule has 1 aromatic rings. The Hall–Kier alpha value is -2.41. The molecule has 1 aromatic carbocycles. The number of carboxylic acids is 2. The van der Waals surface area contributed by atoms with Crippen LogP contribution in [0.4, 0.5) is 5.69 Å². The lowest BCUT2D eigenvalue weighted by Gasteiger charge is -2.21. The molecule has 1 amide bonds. The van der Waals surface area contributed by atoms with Gasteiger partial charge in [-0.15, -0.1) is 0 Å². The Labute approximate surface area is 121 Å². The molecule has 21 heavy (non-hydrogen) atoms. The molecule has 0 unspecified atom stereocenters. The molecule has 4 N–H and O–H groups in total. The van der Waals surface area contributed by atoms with Crippen LogP contribution in [0.2, 0.25) is 0 Å². The van der Waals surface area contributed by atoms with E-state index in [1.807, 2.05) is 0 Å². The first-order chi connectivity index (χ1) is 9.97. The number of carbonyl (C=O) groups excluding carboxylic acids is 1. The van der Waals surface area contributed by atoms with Crippen LogP contribution in [0.5, 0.6) is 0 Å². The van der Waals surface area contributed by atoms with Crippen LogP contribution >= 0.6 is 0 Å². The minimum Gasteiger partial charge on any atom is -0.478 e. The quantitative estimate of drug-likeness (QED) is 0.658. The summed E-state index contributed by atoms with van der Waals surface area (Å²) in [5.74, 6) is -2.84. The molecule has 112 valence electrons. The van der Waals surface area contributed by atoms with Crippen molar-refractivity contribution in [2.75, 3.05) is 18.4 Å². The SMILES string of the molecule is O=C(O)c1cc(NC(=O)C2CCNCC2)cc(C(=O)O)c1. The molecule has 1 fully saturated rings. The topological polar surface area (TPSA) is 116 Å². The largest absolute Gasteiger partial charge is 0.478 e. The van der Waals surface area contributed by atoms with E-state index in [0.717, 1.165) is 19.2 Å². The molecule has 1 aliphatic heterocycles. The second-order valence-electron chi connectivity index (χ2n) is 4.92. The fraction of sp³-hybridized carbons (Fsp3) is 0.357. The summed E-state index contributed by atoms with van der Waals surface area (Å²) < 4.78 is 0. The van der Waals surface area contributed by atoms with Gasteiger partial charge in [0.2, 0.25) is 5.91 Å². The van der Waals surface area contributed by atoms with Gasteiger partial charge in [-0.2, -0.15) is 0 Å². The summed E-state index contributed by atoms with van der Waals surface area (Å²) in [5.41, 5.74) is -0.151. The highest BCUT2D eigenvalue weighted by molar-refractivity contribution is 5.99. The minimum absolute atomic E-state index is 0.145. The van der Waals surface area contributed by atoms with E-state index in [4.69, 9.17) is 10.2 Å². The Morgan fingerprint density at radius 2 is 1.52 bits per heavy atom. The third kappa shape index (κ3) is 3.79. The molecule has 2 rings (SSSR count). The summed E-state index contributed by atoms with van der Waals surface area (Å²) in [6.45, 7) is 1.52. The molecule has 0 atom stereocenters. The van der Waals surface area contributed by atoms with Crippen molar-refractivity contribution >= 4 is 23.5 Å². The second-order valence-corrected chi connectivity index (χ2v) is 4.92. The van der Waals surface area contributed by atoms with Crippen molar-refractivity contribution in [1.82, 2.24) is 5.32 Å². The van der Waals surface area contributed by atoms with Gasteiger partial charge in [-0.1, -0.05) is 0 Å². The van der Waals surface area contributed by atoms with Crippen LogP contribution in [0.1, 0.15) is 33.6 Å². The van der Waals surface area contributed by atoms with Crippen LogP contribution in [0, 0.1) is 5.92 Å². The first-order valence-electron chi connectivity index (χ1n) is 6.60. The number of anilines is 1. The van der Waals surface area contributed by atoms with Gasteiger partial charge >= 0.3 is 11.9 Å². The highest BCUT2D eigenvalue weighted by Gasteiger charge is 2.21. The number of rotatable bonds is 4. The number of aromatic carboxylic acids is 2. The Balaban J connectivity index is 2.20. The van der Waals surface area contributed by atoms with Gasteiger partial charge in [0.25, 0.3) is 0 Å². The van der Waals surface area contributed by atoms with E-state index in [-0.39, 0.29) is 28.6 Å². The number of piperidine rings is 1. The van der Waals surface area contributed by atoms with Gasteiger partial charge in [0, 0.05) is 11.6 Å². The normalized spacial score (nSPS) is 15.4. The molecular weight excluding hydrogens is 276 g/mol. The Kier molecular flexibility index (Phi) is 4.54. The monoisotopic (exact) mass is 292 g/mol. The van der Waals surface area contributed by atoms with E-state index < -0.39 is 11.9 Å². The molecule has 1 heterocycles. The first-order valence-corrected chi connectivity index (χ1v) is 6.60. The molecule has 0 aliphatic carbocycles. The van der Waals surface area contributed by atoms with Crippen molar-refractivity contribution in [2.45, 2.75) is 12.8 Å². The summed E-state index contributed by atoms with van der Waals surface area (Å²) in [6.07, 6.45) is 1.41. The van der Waals surface area contributed by atoms with Crippen molar-refractivity contribution in [1.29, 1.82) is 0 Å². The lowest BCUT2D eigenvalue weighted by molar-refractivity contribution is -0.120. The number of carboxylic acid groups (broad SMARTS) is 2. The Bertz CT molecular complexity index is 546. The zero-order chi connectivity index (χ0) is 15.4. The van der Waals surface area contributed by atoms with Crippen LogP contribution in [0.3, 0.4) is 0 Å². The van der Waals surface area contributed by atoms with Crippen LogP contribution in [0.15, 0.2) is 18.2 Å². The number of nitrogens with one attached hydrogen (secondary N) is 2. The van der Waals surface area contributed by atoms with Gasteiger partial charge < -0.3 is 20.8 Å². The number of amides is 1. The van der Waals surface area contributed by atoms with Crippen molar-refractivity contribution in [3.05, 3.63) is 29.3 Å². The van der Waals surface area contributed by atoms with Crippen molar-refractivity contribution in [3.63, 3.8) is 0 Å². The van der Waals surface area contributed by atoms with Crippen molar-refractivity contribution < 1.29 is 24.6 Å². The molecular formula is C14H16N2O5. The third-order valence-corrected chi connectivity index (χ3v) is 3.40. The standard InChI is InChI=1S/C14H16N2O5/c17-12(8-1-3-15-4-2-8)16-11-6-9(13(18)19)5-10(7-11)14(20)21/h5-8,15H,1-4H2,(H,16,17)(H,18,19)(H,20,21). The molecule has 0 bridgehead atoms. The van der Waals surface area contributed by atoms with Gasteiger partial charge in [-0.05, 0) is 44.1 Å². The lowest BCUT2D eigenvalue weighted by Crippen LogP contribution is -2.34. The van der Waals surface area contributed by atoms with Crippen LogP contribution in [-0.4, -0.2) is 41.1 Å². The Morgan fingerprint density at radius 1 is 1.00 bits per heavy atom. The molecule has 7 nitrogen and oxygen atoms in total. The summed E-state index contributed by atoms with van der Waals surface area (Å²) in [7, 11) is 0. The maximum Gasteiger partial charge on any atom is 0.335 e. The van der Waals surface area contributed by atoms with Crippen molar-refractivity contribution in [3.8, 4) is 0 Å². The zero-order valence-corrected chi connectivity index (χ0v) is 11.3. The summed E-state index contributed by atoms with van der Waals surface area (Å²) >= 11 is 0. The predicted molar refractivity (Wildman–Crippen MR) is 74.6 cm³/mol. The van der Waals surface area contributed by atoms with E-state index in [9.17, 15) is 14.4 Å². The van der Waals surface area contributed by atoms with Crippen LogP contribution in [0.25, 0.3) is 0 Å². The first kappa shape index (κ1) is 15.0. The molecule has 1 aliphatic rings. The number of hydrogen-bond acceptors (Lipinski definition) is 4. The minimum atomic E-state index is -1.24. The van der Waals surface area contributed by atoms with Gasteiger partial charge in [0.15, 0.2) is 0 Å². The van der Waals surface area contributed by atoms with Gasteiger partial charge in [-0.3, -0.25) is 4.79 Å². The number of hydrogen-bond donors (Lipinski definition) is 4. The molecule has 1 saturated heterocycles. The molecule has 7 heteroatoms. The molecule has 0 saturated carbocycles. The fourth-order valence-electron chi connectivity index (χ4n) is 2.28. The maximum absolute atomic E-state index is 12.1. The molecule has 0 aromatic heterocycles. The average Bonchev–Trinajstić information content (AvgIpc) is 2.47. The summed E-state index contributed by atoms with van der Waals surface area (Å²) in [5, 5.41) is 23.7. The zero-order valence-electron chi connectivity index (χ0n) is 11.3. The van der Waals surface area contributed by atoms with Crippen molar-refractivity contribution in [2.24, 2.45) is 5.92 Å². The lowest BCUT2D eigenvalue weighted by atomic mass is 9.97. The van der Waals surface area contributed by atoms with Gasteiger partial charge in [0.05, 0.1) is 11.1 Å². The summed E-state index contributed by atoms with van der Waals surface area (Å²) in [4.78, 5) is 34.1. The maximum atomic E-state index is 12.1. The van der Waals surface area contributed by atoms with E-state index in [0.29, 0.717) is 12.8 Å².